The third-order valence-corrected chi connectivity index (χ3v) is 14.2. The molecule has 392 valence electrons. The zero-order chi connectivity index (χ0) is 53.5. The summed E-state index contributed by atoms with van der Waals surface area (Å²) in [6, 6.07) is 33.1. The number of nitrogens with zero attached hydrogens (tertiary/aromatic N) is 8. The number of methoxy groups -OCH3 is 2. The summed E-state index contributed by atoms with van der Waals surface area (Å²) in [5.41, 5.74) is 12.4. The number of nitrogens with two attached hydrogens (primary N) is 1. The quantitative estimate of drug-likeness (QED) is 0.0842. The minimum atomic E-state index is -0.101. The van der Waals surface area contributed by atoms with Crippen molar-refractivity contribution in [3.63, 3.8) is 0 Å². The second-order valence-corrected chi connectivity index (χ2v) is 19.4. The Hall–Kier alpha value is -7.93. The second-order valence-electron chi connectivity index (χ2n) is 19.0. The number of amides is 4. The number of pyridine rings is 2. The number of nitrogens with one attached hydrogen (secondary N) is 3. The fraction of sp³-hybridized carbons (Fsp3) is 0.321. The molecule has 2 fully saturated rings. The number of anilines is 9. The maximum absolute atomic E-state index is 13.0. The van der Waals surface area contributed by atoms with Crippen LogP contribution in [0.4, 0.5) is 51.6 Å². The van der Waals surface area contributed by atoms with Crippen molar-refractivity contribution in [3.05, 3.63) is 137 Å². The number of aromatic nitrogens is 2. The predicted molar refractivity (Wildman–Crippen MR) is 298 cm³/mol. The first-order valence-electron chi connectivity index (χ1n) is 24.8. The Morgan fingerprint density at radius 2 is 1.01 bits per heavy atom. The number of ether oxygens (including phenoxy) is 2. The number of hydrogen-bond donors (Lipinski definition) is 4. The lowest BCUT2D eigenvalue weighted by molar-refractivity contribution is 0.0908. The highest BCUT2D eigenvalue weighted by Gasteiger charge is 2.30. The van der Waals surface area contributed by atoms with Crippen molar-refractivity contribution in [2.24, 2.45) is 0 Å². The summed E-state index contributed by atoms with van der Waals surface area (Å²) in [6.45, 7) is 4.01. The van der Waals surface area contributed by atoms with E-state index < -0.39 is 0 Å². The standard InChI is InChI=1S/C28H32N6O3.C14H12ClN3O.C14H21N3O2/c1-32-15-13-19(14-16-32)29-27(35)18-9-10-21(24(17-18)37-4)30-25-12-11-23-26(31-25)33(2)22-8-6-5-7-20(22)28(36)34(23)3;1-17-10-6-4-3-5-9(10)14(19)18(2)11-7-8-12(15)16-13(11)17;1-17-7-5-11(6-8-17)16-14(18)10-3-4-12(15)13(9-10)19-2/h5-12,17,19H,13-16H2,1-4H3,(H,29,35)(H,30,31);3-8H,1-2H3;3-4,9,11H,5-8,15H2,1-2H3,(H,16,18). The smallest absolute Gasteiger partial charge is 0.260 e. The minimum absolute atomic E-state index is 0.0506. The van der Waals surface area contributed by atoms with Crippen molar-refractivity contribution in [1.29, 1.82) is 0 Å². The van der Waals surface area contributed by atoms with Gasteiger partial charge in [-0.1, -0.05) is 35.9 Å². The lowest BCUT2D eigenvalue weighted by atomic mass is 10.0. The van der Waals surface area contributed by atoms with Crippen molar-refractivity contribution in [3.8, 4) is 11.5 Å². The number of fused-ring (bicyclic) bond motifs is 4. The molecule has 0 saturated carbocycles. The van der Waals surface area contributed by atoms with Crippen LogP contribution in [0.2, 0.25) is 5.15 Å². The van der Waals surface area contributed by atoms with Crippen LogP contribution in [-0.4, -0.2) is 138 Å². The molecule has 4 aromatic carbocycles. The van der Waals surface area contributed by atoms with Gasteiger partial charge in [0.05, 0.1) is 59.5 Å². The third kappa shape index (κ3) is 12.0. The van der Waals surface area contributed by atoms with E-state index >= 15 is 0 Å². The molecule has 2 aromatic heterocycles. The molecule has 6 heterocycles. The van der Waals surface area contributed by atoms with E-state index in [9.17, 15) is 19.2 Å². The van der Waals surface area contributed by atoms with Crippen LogP contribution in [0, 0.1) is 0 Å². The highest BCUT2D eigenvalue weighted by Crippen LogP contribution is 2.41. The van der Waals surface area contributed by atoms with Crippen LogP contribution in [0.1, 0.15) is 67.1 Å². The average molecular weight is 1040 g/mol. The molecule has 19 heteroatoms. The van der Waals surface area contributed by atoms with Gasteiger partial charge in [-0.25, -0.2) is 9.97 Å². The normalized spacial score (nSPS) is 15.8. The molecular formula is C56H65ClN12O6. The Bertz CT molecular complexity index is 3070. The number of benzene rings is 4. The van der Waals surface area contributed by atoms with E-state index in [2.05, 4.69) is 44.8 Å². The first kappa shape index (κ1) is 53.4. The van der Waals surface area contributed by atoms with Crippen LogP contribution >= 0.6 is 11.6 Å². The number of nitrogen functional groups attached to an aromatic ring is 1. The summed E-state index contributed by atoms with van der Waals surface area (Å²) >= 11 is 5.97. The number of piperidine rings is 2. The number of hydrogen-bond acceptors (Lipinski definition) is 14. The van der Waals surface area contributed by atoms with Gasteiger partial charge in [0.1, 0.15) is 22.5 Å². The maximum Gasteiger partial charge on any atom is 0.260 e. The summed E-state index contributed by atoms with van der Waals surface area (Å²) < 4.78 is 10.7. The maximum atomic E-state index is 13.0. The summed E-state index contributed by atoms with van der Waals surface area (Å²) in [5, 5.41) is 9.93. The monoisotopic (exact) mass is 1040 g/mol. The van der Waals surface area contributed by atoms with Gasteiger partial charge in [-0.2, -0.15) is 0 Å². The Morgan fingerprint density at radius 1 is 0.560 bits per heavy atom. The van der Waals surface area contributed by atoms with Crippen LogP contribution < -0.4 is 50.8 Å². The first-order valence-corrected chi connectivity index (χ1v) is 25.2. The first-order chi connectivity index (χ1) is 36.0. The van der Waals surface area contributed by atoms with Crippen molar-refractivity contribution in [2.45, 2.75) is 37.8 Å². The Kier molecular flexibility index (Phi) is 16.7. The molecular weight excluding hydrogens is 972 g/mol. The lowest BCUT2D eigenvalue weighted by Crippen LogP contribution is -2.43. The molecule has 0 atom stereocenters. The topological polar surface area (TPSA) is 194 Å². The van der Waals surface area contributed by atoms with Crippen molar-refractivity contribution in [2.75, 3.05) is 113 Å². The Balaban J connectivity index is 0.000000165. The fourth-order valence-corrected chi connectivity index (χ4v) is 9.56. The highest BCUT2D eigenvalue weighted by molar-refractivity contribution is 6.29. The van der Waals surface area contributed by atoms with E-state index in [-0.39, 0.29) is 35.7 Å². The van der Waals surface area contributed by atoms with E-state index in [1.165, 1.54) is 0 Å². The molecule has 4 aliphatic rings. The summed E-state index contributed by atoms with van der Waals surface area (Å²) in [7, 11) is 14.6. The van der Waals surface area contributed by atoms with Crippen LogP contribution in [0.15, 0.2) is 109 Å². The summed E-state index contributed by atoms with van der Waals surface area (Å²) in [4.78, 5) is 71.3. The largest absolute Gasteiger partial charge is 0.495 e. The van der Waals surface area contributed by atoms with Gasteiger partial charge in [0.2, 0.25) is 0 Å². The van der Waals surface area contributed by atoms with Crippen LogP contribution in [0.5, 0.6) is 11.5 Å². The van der Waals surface area contributed by atoms with Crippen LogP contribution in [0.3, 0.4) is 0 Å². The number of carbonyl (C=O) groups is 4. The van der Waals surface area contributed by atoms with Crippen LogP contribution in [0.25, 0.3) is 0 Å². The molecule has 5 N–H and O–H groups in total. The van der Waals surface area contributed by atoms with E-state index in [1.807, 2.05) is 96.7 Å². The van der Waals surface area contributed by atoms with Crippen LogP contribution in [-0.2, 0) is 0 Å². The second kappa shape index (κ2) is 23.5. The Morgan fingerprint density at radius 3 is 1.52 bits per heavy atom. The fourth-order valence-electron chi connectivity index (χ4n) is 9.42. The molecule has 6 aromatic rings. The van der Waals surface area contributed by atoms with Gasteiger partial charge in [0.15, 0.2) is 11.6 Å². The molecule has 0 aliphatic carbocycles. The third-order valence-electron chi connectivity index (χ3n) is 14.0. The Labute approximate surface area is 443 Å². The number of para-hydroxylation sites is 2. The molecule has 0 bridgehead atoms. The SMILES string of the molecule is CN1C(=O)c2ccccc2N(C)c2nc(Cl)ccc21.COc1cc(C(=O)NC2CCN(C)CC2)ccc1N.COc1cc(C(=O)NC2CCN(C)CC2)ccc1Nc1ccc2c(n1)N(C)c1ccccc1C(=O)N2C. The van der Waals surface area contributed by atoms with E-state index in [0.29, 0.717) is 73.4 Å². The molecule has 10 rings (SSSR count). The van der Waals surface area contributed by atoms with Gasteiger partial charge in [-0.3, -0.25) is 19.2 Å². The molecule has 18 nitrogen and oxygen atoms in total. The molecule has 0 radical (unpaired) electrons. The zero-order valence-electron chi connectivity index (χ0n) is 43.7. The summed E-state index contributed by atoms with van der Waals surface area (Å²) in [5.74, 6) is 2.70. The van der Waals surface area contributed by atoms with Crippen molar-refractivity contribution < 1.29 is 28.7 Å². The molecule has 0 spiro atoms. The molecule has 2 saturated heterocycles. The average Bonchev–Trinajstić information content (AvgIpc) is 3.55. The van der Waals surface area contributed by atoms with E-state index in [1.54, 1.807) is 74.5 Å². The van der Waals surface area contributed by atoms with Gasteiger partial charge in [-0.15, -0.1) is 0 Å². The zero-order valence-corrected chi connectivity index (χ0v) is 44.4. The highest BCUT2D eigenvalue weighted by atomic mass is 35.5. The molecule has 4 aliphatic heterocycles. The van der Waals surface area contributed by atoms with Gasteiger partial charge >= 0.3 is 0 Å². The predicted octanol–water partition coefficient (Wildman–Crippen LogP) is 8.21. The number of carbonyl (C=O) groups excluding carboxylic acids is 4. The molecule has 0 unspecified atom stereocenters. The minimum Gasteiger partial charge on any atom is -0.495 e. The van der Waals surface area contributed by atoms with Crippen molar-refractivity contribution in [1.82, 2.24) is 30.4 Å². The van der Waals surface area contributed by atoms with E-state index in [4.69, 9.17) is 31.8 Å². The number of halogens is 1. The van der Waals surface area contributed by atoms with Gasteiger partial charge in [0, 0.05) is 51.4 Å². The lowest BCUT2D eigenvalue weighted by Gasteiger charge is -2.29. The van der Waals surface area contributed by atoms with Gasteiger partial charge < -0.3 is 60.6 Å². The van der Waals surface area contributed by atoms with Gasteiger partial charge in [-0.05, 0) is 151 Å². The van der Waals surface area contributed by atoms with Crippen molar-refractivity contribution >= 4 is 86.8 Å². The number of likely N-dealkylation sites (tertiary alicyclic amines) is 2. The number of rotatable bonds is 8. The molecule has 4 amide bonds. The summed E-state index contributed by atoms with van der Waals surface area (Å²) in [6.07, 6.45) is 3.88. The molecule has 75 heavy (non-hydrogen) atoms. The van der Waals surface area contributed by atoms with Gasteiger partial charge in [0.25, 0.3) is 23.6 Å². The van der Waals surface area contributed by atoms with E-state index in [0.717, 1.165) is 68.9 Å².